The van der Waals surface area contributed by atoms with E-state index in [9.17, 15) is 14.3 Å². The Morgan fingerprint density at radius 1 is 1.05 bits per heavy atom. The third-order valence-electron chi connectivity index (χ3n) is 3.55. The normalized spacial score (nSPS) is 10.8. The maximum Gasteiger partial charge on any atom is 0.338 e. The number of carboxylic acids is 1. The molecule has 3 aromatic carbocycles. The Balaban J connectivity index is 2.51. The fraction of sp³-hybridized carbons (Fsp3) is 0. The summed E-state index contributed by atoms with van der Waals surface area (Å²) in [5.74, 6) is -1.78. The molecule has 0 radical (unpaired) electrons. The summed E-state index contributed by atoms with van der Waals surface area (Å²) in [6.45, 7) is 0. The van der Waals surface area contributed by atoms with Gasteiger partial charge < -0.3 is 10.8 Å². The Labute approximate surface area is 130 Å². The minimum atomic E-state index is -1.21. The summed E-state index contributed by atoms with van der Waals surface area (Å²) in [5, 5.41) is 10.2. The Hall–Kier alpha value is -2.59. The molecule has 110 valence electrons. The van der Waals surface area contributed by atoms with Crippen molar-refractivity contribution in [2.24, 2.45) is 0 Å². The summed E-state index contributed by atoms with van der Waals surface area (Å²) in [7, 11) is 0. The second-order valence-electron chi connectivity index (χ2n) is 4.81. The van der Waals surface area contributed by atoms with E-state index in [1.165, 1.54) is 12.1 Å². The van der Waals surface area contributed by atoms with Crippen molar-refractivity contribution in [3.63, 3.8) is 0 Å². The molecule has 0 saturated carbocycles. The van der Waals surface area contributed by atoms with Gasteiger partial charge in [-0.05, 0) is 6.07 Å². The Morgan fingerprint density at radius 2 is 1.64 bits per heavy atom. The van der Waals surface area contributed by atoms with Crippen molar-refractivity contribution in [1.82, 2.24) is 0 Å². The number of hydrogen-bond donors (Lipinski definition) is 2. The van der Waals surface area contributed by atoms with E-state index in [4.69, 9.17) is 17.3 Å². The minimum Gasteiger partial charge on any atom is -0.478 e. The molecule has 0 bridgehead atoms. The first-order valence-corrected chi connectivity index (χ1v) is 6.88. The van der Waals surface area contributed by atoms with Gasteiger partial charge in [-0.25, -0.2) is 9.18 Å². The van der Waals surface area contributed by atoms with Crippen LogP contribution < -0.4 is 5.73 Å². The fourth-order valence-corrected chi connectivity index (χ4v) is 2.80. The number of carboxylic acid groups (broad SMARTS) is 1. The Bertz CT molecular complexity index is 909. The highest BCUT2D eigenvalue weighted by Crippen LogP contribution is 2.40. The highest BCUT2D eigenvalue weighted by molar-refractivity contribution is 6.33. The number of benzene rings is 3. The van der Waals surface area contributed by atoms with Gasteiger partial charge in [-0.1, -0.05) is 54.1 Å². The molecule has 0 aromatic heterocycles. The van der Waals surface area contributed by atoms with Crippen LogP contribution in [0.25, 0.3) is 21.9 Å². The number of hydrogen-bond acceptors (Lipinski definition) is 2. The number of halogens is 2. The highest BCUT2D eigenvalue weighted by Gasteiger charge is 2.23. The predicted octanol–water partition coefficient (Wildman–Crippen LogP) is 4.58. The molecule has 3 aromatic rings. The second-order valence-corrected chi connectivity index (χ2v) is 5.22. The van der Waals surface area contributed by atoms with Crippen LogP contribution in [0.3, 0.4) is 0 Å². The molecule has 0 atom stereocenters. The van der Waals surface area contributed by atoms with Gasteiger partial charge in [-0.3, -0.25) is 0 Å². The third kappa shape index (κ3) is 2.09. The van der Waals surface area contributed by atoms with Crippen LogP contribution in [0.1, 0.15) is 10.4 Å². The monoisotopic (exact) mass is 315 g/mol. The first-order chi connectivity index (χ1) is 10.5. The van der Waals surface area contributed by atoms with Crippen molar-refractivity contribution in [2.45, 2.75) is 0 Å². The van der Waals surface area contributed by atoms with Gasteiger partial charge in [0.1, 0.15) is 5.82 Å². The number of fused-ring (bicyclic) bond motifs is 1. The molecule has 0 amide bonds. The van der Waals surface area contributed by atoms with Crippen LogP contribution in [0.2, 0.25) is 5.02 Å². The molecule has 3 rings (SSSR count). The van der Waals surface area contributed by atoms with Gasteiger partial charge in [0.05, 0.1) is 11.3 Å². The average molecular weight is 316 g/mol. The molecule has 3 N–H and O–H groups in total. The van der Waals surface area contributed by atoms with Gasteiger partial charge in [0.25, 0.3) is 0 Å². The minimum absolute atomic E-state index is 0.0155. The summed E-state index contributed by atoms with van der Waals surface area (Å²) in [6.07, 6.45) is 0. The van der Waals surface area contributed by atoms with E-state index in [-0.39, 0.29) is 27.6 Å². The number of aromatic carboxylic acids is 1. The van der Waals surface area contributed by atoms with Crippen molar-refractivity contribution in [3.8, 4) is 11.1 Å². The van der Waals surface area contributed by atoms with E-state index < -0.39 is 11.8 Å². The predicted molar refractivity (Wildman–Crippen MR) is 85.7 cm³/mol. The summed E-state index contributed by atoms with van der Waals surface area (Å²) < 4.78 is 14.9. The van der Waals surface area contributed by atoms with E-state index in [0.717, 1.165) is 0 Å². The number of anilines is 1. The van der Waals surface area contributed by atoms with Crippen molar-refractivity contribution >= 4 is 34.0 Å². The lowest BCUT2D eigenvalue weighted by atomic mass is 9.93. The van der Waals surface area contributed by atoms with Crippen molar-refractivity contribution in [3.05, 3.63) is 64.9 Å². The SMILES string of the molecule is Nc1c(-c2ccccc2Cl)c(F)c2ccccc2c1C(=O)O. The molecule has 0 heterocycles. The topological polar surface area (TPSA) is 63.3 Å². The van der Waals surface area contributed by atoms with Crippen LogP contribution >= 0.6 is 11.6 Å². The fourth-order valence-electron chi connectivity index (χ4n) is 2.57. The number of carbonyl (C=O) groups is 1. The first kappa shape index (κ1) is 14.4. The third-order valence-corrected chi connectivity index (χ3v) is 3.88. The van der Waals surface area contributed by atoms with Crippen LogP contribution in [0, 0.1) is 5.82 Å². The number of nitrogen functional groups attached to an aromatic ring is 1. The molecule has 0 unspecified atom stereocenters. The van der Waals surface area contributed by atoms with E-state index in [2.05, 4.69) is 0 Å². The molecule has 5 heteroatoms. The zero-order valence-electron chi connectivity index (χ0n) is 11.3. The van der Waals surface area contributed by atoms with Gasteiger partial charge in [0.2, 0.25) is 0 Å². The largest absolute Gasteiger partial charge is 0.478 e. The molecule has 3 nitrogen and oxygen atoms in total. The van der Waals surface area contributed by atoms with Gasteiger partial charge in [-0.2, -0.15) is 0 Å². The number of nitrogens with two attached hydrogens (primary N) is 1. The van der Waals surface area contributed by atoms with E-state index in [1.807, 2.05) is 0 Å². The Morgan fingerprint density at radius 3 is 2.27 bits per heavy atom. The van der Waals surface area contributed by atoms with Crippen LogP contribution in [0.4, 0.5) is 10.1 Å². The maximum absolute atomic E-state index is 14.9. The van der Waals surface area contributed by atoms with Crippen LogP contribution in [0.5, 0.6) is 0 Å². The molecule has 22 heavy (non-hydrogen) atoms. The van der Waals surface area contributed by atoms with Gasteiger partial charge in [0, 0.05) is 26.9 Å². The van der Waals surface area contributed by atoms with Crippen LogP contribution in [-0.2, 0) is 0 Å². The molecular formula is C17H11ClFNO2. The van der Waals surface area contributed by atoms with Crippen molar-refractivity contribution in [1.29, 1.82) is 0 Å². The van der Waals surface area contributed by atoms with Gasteiger partial charge in [0.15, 0.2) is 0 Å². The highest BCUT2D eigenvalue weighted by atomic mass is 35.5. The van der Waals surface area contributed by atoms with Crippen molar-refractivity contribution in [2.75, 3.05) is 5.73 Å². The van der Waals surface area contributed by atoms with E-state index >= 15 is 0 Å². The lowest BCUT2D eigenvalue weighted by Gasteiger charge is -2.15. The molecule has 0 fully saturated rings. The zero-order chi connectivity index (χ0) is 15.9. The molecule has 0 spiro atoms. The van der Waals surface area contributed by atoms with Crippen LogP contribution in [0.15, 0.2) is 48.5 Å². The van der Waals surface area contributed by atoms with E-state index in [0.29, 0.717) is 10.6 Å². The zero-order valence-corrected chi connectivity index (χ0v) is 12.1. The summed E-state index contributed by atoms with van der Waals surface area (Å²) in [4.78, 5) is 11.6. The molecule has 0 aliphatic rings. The van der Waals surface area contributed by atoms with Gasteiger partial charge in [-0.15, -0.1) is 0 Å². The van der Waals surface area contributed by atoms with E-state index in [1.54, 1.807) is 36.4 Å². The first-order valence-electron chi connectivity index (χ1n) is 6.50. The standard InChI is InChI=1S/C17H11ClFNO2/c18-12-8-4-3-7-11(12)13-15(19)10-6-2-1-5-9(10)14(16(13)20)17(21)22/h1-8H,20H2,(H,21,22). The molecule has 0 saturated heterocycles. The lowest BCUT2D eigenvalue weighted by Crippen LogP contribution is -2.07. The number of rotatable bonds is 2. The molecule has 0 aliphatic carbocycles. The second kappa shape index (κ2) is 5.31. The van der Waals surface area contributed by atoms with Crippen LogP contribution in [-0.4, -0.2) is 11.1 Å². The summed E-state index contributed by atoms with van der Waals surface area (Å²) in [6, 6.07) is 13.0. The summed E-state index contributed by atoms with van der Waals surface area (Å²) in [5.41, 5.74) is 6.11. The average Bonchev–Trinajstić information content (AvgIpc) is 2.49. The molecule has 0 aliphatic heterocycles. The molecular weight excluding hydrogens is 305 g/mol. The van der Waals surface area contributed by atoms with Gasteiger partial charge >= 0.3 is 5.97 Å². The summed E-state index contributed by atoms with van der Waals surface area (Å²) >= 11 is 6.12. The Kier molecular flexibility index (Phi) is 3.47. The lowest BCUT2D eigenvalue weighted by molar-refractivity contribution is 0.0700. The quantitative estimate of drug-likeness (QED) is 0.680. The van der Waals surface area contributed by atoms with Crippen molar-refractivity contribution < 1.29 is 14.3 Å². The maximum atomic E-state index is 14.9. The smallest absolute Gasteiger partial charge is 0.338 e.